The fraction of sp³-hybridized carbons (Fsp3) is 0.211. The highest BCUT2D eigenvalue weighted by molar-refractivity contribution is 6.03. The van der Waals surface area contributed by atoms with Gasteiger partial charge in [0.25, 0.3) is 0 Å². The number of carbonyl (C=O) groups excluding carboxylic acids is 1. The zero-order chi connectivity index (χ0) is 17.7. The molecule has 0 unspecified atom stereocenters. The number of phenols is 1. The predicted octanol–water partition coefficient (Wildman–Crippen LogP) is 3.63. The fourth-order valence-corrected chi connectivity index (χ4v) is 2.50. The Balaban J connectivity index is 2.77. The summed E-state index contributed by atoms with van der Waals surface area (Å²) in [4.78, 5) is 12.3. The van der Waals surface area contributed by atoms with Gasteiger partial charge in [-0.1, -0.05) is 18.7 Å². The standard InChI is InChI=1S/C19H20O5/c1-5-7-13-16(19(21)24-8-6-2)11-14-15(18(13)20)9-12(22-3)10-17(14)23-4/h5-6,9-11,20H,1-2,7-8H2,3-4H3. The summed E-state index contributed by atoms with van der Waals surface area (Å²) in [6.07, 6.45) is 3.42. The molecule has 0 aliphatic carbocycles. The summed E-state index contributed by atoms with van der Waals surface area (Å²) < 4.78 is 15.7. The number of esters is 1. The molecule has 0 fully saturated rings. The maximum atomic E-state index is 12.3. The lowest BCUT2D eigenvalue weighted by Gasteiger charge is -2.15. The topological polar surface area (TPSA) is 65.0 Å². The molecule has 2 aromatic rings. The minimum Gasteiger partial charge on any atom is -0.507 e. The van der Waals surface area contributed by atoms with Crippen molar-refractivity contribution >= 4 is 16.7 Å². The molecule has 5 heteroatoms. The van der Waals surface area contributed by atoms with E-state index in [0.717, 1.165) is 0 Å². The Morgan fingerprint density at radius 3 is 2.46 bits per heavy atom. The third-order valence-corrected chi connectivity index (χ3v) is 3.63. The zero-order valence-corrected chi connectivity index (χ0v) is 13.8. The third kappa shape index (κ3) is 3.20. The highest BCUT2D eigenvalue weighted by Gasteiger charge is 2.21. The van der Waals surface area contributed by atoms with E-state index in [2.05, 4.69) is 13.2 Å². The van der Waals surface area contributed by atoms with Gasteiger partial charge in [0.2, 0.25) is 0 Å². The summed E-state index contributed by atoms with van der Waals surface area (Å²) in [7, 11) is 3.04. The van der Waals surface area contributed by atoms with Crippen molar-refractivity contribution < 1.29 is 24.1 Å². The van der Waals surface area contributed by atoms with Crippen molar-refractivity contribution in [1.82, 2.24) is 0 Å². The average molecular weight is 328 g/mol. The highest BCUT2D eigenvalue weighted by atomic mass is 16.5. The second-order valence-electron chi connectivity index (χ2n) is 5.06. The molecule has 0 saturated heterocycles. The number of methoxy groups -OCH3 is 2. The molecule has 0 aromatic heterocycles. The Labute approximate surface area is 140 Å². The van der Waals surface area contributed by atoms with Gasteiger partial charge in [-0.05, 0) is 18.6 Å². The van der Waals surface area contributed by atoms with Crippen molar-refractivity contribution in [1.29, 1.82) is 0 Å². The number of aromatic hydroxyl groups is 1. The number of allylic oxidation sites excluding steroid dienone is 1. The first-order valence-corrected chi connectivity index (χ1v) is 7.36. The number of hydrogen-bond donors (Lipinski definition) is 1. The summed E-state index contributed by atoms with van der Waals surface area (Å²) in [5.41, 5.74) is 0.715. The number of benzene rings is 2. The molecular weight excluding hydrogens is 308 g/mol. The van der Waals surface area contributed by atoms with Crippen molar-refractivity contribution in [2.75, 3.05) is 20.8 Å². The summed E-state index contributed by atoms with van der Waals surface area (Å²) >= 11 is 0. The average Bonchev–Trinajstić information content (AvgIpc) is 2.60. The second kappa shape index (κ2) is 7.55. The van der Waals surface area contributed by atoms with Crippen LogP contribution in [0.4, 0.5) is 0 Å². The number of rotatable bonds is 7. The first kappa shape index (κ1) is 17.4. The lowest BCUT2D eigenvalue weighted by molar-refractivity contribution is 0.0548. The van der Waals surface area contributed by atoms with E-state index < -0.39 is 5.97 Å². The Morgan fingerprint density at radius 1 is 1.12 bits per heavy atom. The largest absolute Gasteiger partial charge is 0.507 e. The van der Waals surface area contributed by atoms with Crippen LogP contribution in [0, 0.1) is 0 Å². The maximum absolute atomic E-state index is 12.3. The lowest BCUT2D eigenvalue weighted by Crippen LogP contribution is -2.09. The molecule has 24 heavy (non-hydrogen) atoms. The van der Waals surface area contributed by atoms with E-state index in [9.17, 15) is 9.90 Å². The normalized spacial score (nSPS) is 10.2. The van der Waals surface area contributed by atoms with E-state index in [1.165, 1.54) is 20.3 Å². The van der Waals surface area contributed by atoms with Gasteiger partial charge >= 0.3 is 5.97 Å². The van der Waals surface area contributed by atoms with Crippen LogP contribution in [-0.4, -0.2) is 31.9 Å². The number of fused-ring (bicyclic) bond motifs is 1. The van der Waals surface area contributed by atoms with Crippen molar-refractivity contribution in [3.63, 3.8) is 0 Å². The van der Waals surface area contributed by atoms with E-state index in [4.69, 9.17) is 14.2 Å². The molecule has 5 nitrogen and oxygen atoms in total. The van der Waals surface area contributed by atoms with Gasteiger partial charge in [-0.3, -0.25) is 0 Å². The SMILES string of the molecule is C=CCOC(=O)c1cc2c(OC)cc(OC)cc2c(O)c1CC=C. The number of hydrogen-bond acceptors (Lipinski definition) is 5. The minimum atomic E-state index is -0.540. The summed E-state index contributed by atoms with van der Waals surface area (Å²) in [6.45, 7) is 7.29. The van der Waals surface area contributed by atoms with Crippen molar-refractivity contribution in [3.8, 4) is 17.2 Å². The number of ether oxygens (including phenoxy) is 3. The Bertz CT molecular complexity index is 792. The van der Waals surface area contributed by atoms with E-state index >= 15 is 0 Å². The minimum absolute atomic E-state index is 0.0184. The van der Waals surface area contributed by atoms with Crippen molar-refractivity contribution in [3.05, 3.63) is 54.6 Å². The van der Waals surface area contributed by atoms with Crippen LogP contribution in [0.3, 0.4) is 0 Å². The predicted molar refractivity (Wildman–Crippen MR) is 93.1 cm³/mol. The van der Waals surface area contributed by atoms with Gasteiger partial charge in [0.1, 0.15) is 23.9 Å². The molecule has 0 atom stereocenters. The molecule has 0 radical (unpaired) electrons. The van der Waals surface area contributed by atoms with Gasteiger partial charge in [-0.25, -0.2) is 4.79 Å². The van der Waals surface area contributed by atoms with Gasteiger partial charge in [-0.15, -0.1) is 6.58 Å². The summed E-state index contributed by atoms with van der Waals surface area (Å²) in [5, 5.41) is 11.8. The van der Waals surface area contributed by atoms with Crippen LogP contribution in [0.1, 0.15) is 15.9 Å². The third-order valence-electron chi connectivity index (χ3n) is 3.63. The molecule has 0 bridgehead atoms. The highest BCUT2D eigenvalue weighted by Crippen LogP contribution is 2.40. The smallest absolute Gasteiger partial charge is 0.338 e. The Kier molecular flexibility index (Phi) is 5.47. The van der Waals surface area contributed by atoms with Gasteiger partial charge < -0.3 is 19.3 Å². The summed E-state index contributed by atoms with van der Waals surface area (Å²) in [6, 6.07) is 5.03. The maximum Gasteiger partial charge on any atom is 0.338 e. The Morgan fingerprint density at radius 2 is 1.88 bits per heavy atom. The molecule has 0 amide bonds. The molecule has 0 spiro atoms. The van der Waals surface area contributed by atoms with Crippen molar-refractivity contribution in [2.24, 2.45) is 0 Å². The van der Waals surface area contributed by atoms with E-state index in [1.54, 1.807) is 24.3 Å². The second-order valence-corrected chi connectivity index (χ2v) is 5.06. The number of phenolic OH excluding ortho intramolecular Hbond substituents is 1. The van der Waals surface area contributed by atoms with Gasteiger partial charge in [-0.2, -0.15) is 0 Å². The molecule has 1 N–H and O–H groups in total. The molecule has 0 heterocycles. The van der Waals surface area contributed by atoms with E-state index in [-0.39, 0.29) is 17.9 Å². The first-order valence-electron chi connectivity index (χ1n) is 7.36. The van der Waals surface area contributed by atoms with Gasteiger partial charge in [0.15, 0.2) is 0 Å². The van der Waals surface area contributed by atoms with Crippen LogP contribution in [0.25, 0.3) is 10.8 Å². The first-order chi connectivity index (χ1) is 11.6. The zero-order valence-electron chi connectivity index (χ0n) is 13.8. The fourth-order valence-electron chi connectivity index (χ4n) is 2.50. The molecule has 0 saturated carbocycles. The van der Waals surface area contributed by atoms with Crippen molar-refractivity contribution in [2.45, 2.75) is 6.42 Å². The quantitative estimate of drug-likeness (QED) is 0.621. The summed E-state index contributed by atoms with van der Waals surface area (Å²) in [5.74, 6) is 0.473. The molecule has 0 aliphatic heterocycles. The van der Waals surface area contributed by atoms with Crippen LogP contribution in [0.2, 0.25) is 0 Å². The van der Waals surface area contributed by atoms with Crippen LogP contribution in [-0.2, 0) is 11.2 Å². The molecule has 2 rings (SSSR count). The molecule has 2 aromatic carbocycles. The molecule has 126 valence electrons. The molecular formula is C19H20O5. The Hall–Kier alpha value is -2.95. The van der Waals surface area contributed by atoms with E-state index in [1.807, 2.05) is 0 Å². The van der Waals surface area contributed by atoms with Crippen LogP contribution >= 0.6 is 0 Å². The van der Waals surface area contributed by atoms with Crippen LogP contribution in [0.5, 0.6) is 17.2 Å². The van der Waals surface area contributed by atoms with Gasteiger partial charge in [0, 0.05) is 22.4 Å². The van der Waals surface area contributed by atoms with E-state index in [0.29, 0.717) is 34.3 Å². The molecule has 0 aliphatic rings. The number of carbonyl (C=O) groups is 1. The van der Waals surface area contributed by atoms with Crippen LogP contribution < -0.4 is 9.47 Å². The van der Waals surface area contributed by atoms with Gasteiger partial charge in [0.05, 0.1) is 19.8 Å². The monoisotopic (exact) mass is 328 g/mol. The lowest BCUT2D eigenvalue weighted by atomic mass is 9.96. The van der Waals surface area contributed by atoms with Crippen LogP contribution in [0.15, 0.2) is 43.5 Å².